The Morgan fingerprint density at radius 3 is 2.36 bits per heavy atom. The predicted molar refractivity (Wildman–Crippen MR) is 105 cm³/mol. The second-order valence-electron chi connectivity index (χ2n) is 7.75. The SMILES string of the molecule is COc1cc2c(cc1C(=O)Nc1ccc(C(C)(C)C)s1)CCCCC2. The van der Waals surface area contributed by atoms with Crippen LogP contribution in [0.5, 0.6) is 5.75 Å². The van der Waals surface area contributed by atoms with E-state index < -0.39 is 0 Å². The molecular formula is C21H27NO2S. The summed E-state index contributed by atoms with van der Waals surface area (Å²) < 4.78 is 5.51. The number of carbonyl (C=O) groups excluding carboxylic acids is 1. The van der Waals surface area contributed by atoms with Crippen LogP contribution in [-0.4, -0.2) is 13.0 Å². The third-order valence-corrected chi connectivity index (χ3v) is 6.17. The average Bonchev–Trinajstić information content (AvgIpc) is 2.91. The molecular weight excluding hydrogens is 330 g/mol. The molecule has 0 spiro atoms. The third kappa shape index (κ3) is 4.06. The highest BCUT2D eigenvalue weighted by Gasteiger charge is 2.20. The molecule has 3 rings (SSSR count). The summed E-state index contributed by atoms with van der Waals surface area (Å²) in [5.41, 5.74) is 3.35. The van der Waals surface area contributed by atoms with Gasteiger partial charge in [0.25, 0.3) is 5.91 Å². The van der Waals surface area contributed by atoms with Crippen LogP contribution in [0.2, 0.25) is 0 Å². The Morgan fingerprint density at radius 1 is 1.08 bits per heavy atom. The van der Waals surface area contributed by atoms with Crippen molar-refractivity contribution in [2.45, 2.75) is 58.3 Å². The van der Waals surface area contributed by atoms with E-state index in [9.17, 15) is 4.79 Å². The quantitative estimate of drug-likeness (QED) is 0.729. The van der Waals surface area contributed by atoms with Crippen molar-refractivity contribution in [1.29, 1.82) is 0 Å². The van der Waals surface area contributed by atoms with Gasteiger partial charge in [-0.15, -0.1) is 11.3 Å². The van der Waals surface area contributed by atoms with E-state index in [4.69, 9.17) is 4.74 Å². The molecule has 0 unspecified atom stereocenters. The van der Waals surface area contributed by atoms with Crippen LogP contribution < -0.4 is 10.1 Å². The van der Waals surface area contributed by atoms with Crippen LogP contribution >= 0.6 is 11.3 Å². The summed E-state index contributed by atoms with van der Waals surface area (Å²) in [6, 6.07) is 8.17. The molecule has 0 atom stereocenters. The lowest BCUT2D eigenvalue weighted by molar-refractivity contribution is 0.102. The topological polar surface area (TPSA) is 38.3 Å². The zero-order valence-electron chi connectivity index (χ0n) is 15.6. The largest absolute Gasteiger partial charge is 0.496 e. The molecule has 2 aromatic rings. The highest BCUT2D eigenvalue weighted by molar-refractivity contribution is 7.16. The van der Waals surface area contributed by atoms with Crippen LogP contribution in [0.3, 0.4) is 0 Å². The Balaban J connectivity index is 1.86. The maximum Gasteiger partial charge on any atom is 0.260 e. The first-order valence-corrected chi connectivity index (χ1v) is 9.81. The third-order valence-electron chi connectivity index (χ3n) is 4.74. The Morgan fingerprint density at radius 2 is 1.76 bits per heavy atom. The first kappa shape index (κ1) is 18.0. The molecule has 4 heteroatoms. The molecule has 134 valence electrons. The number of carbonyl (C=O) groups is 1. The Labute approximate surface area is 154 Å². The minimum absolute atomic E-state index is 0.0915. The van der Waals surface area contributed by atoms with Crippen molar-refractivity contribution in [2.75, 3.05) is 12.4 Å². The molecule has 1 aliphatic carbocycles. The molecule has 3 nitrogen and oxygen atoms in total. The van der Waals surface area contributed by atoms with E-state index in [-0.39, 0.29) is 11.3 Å². The number of nitrogens with one attached hydrogen (secondary N) is 1. The van der Waals surface area contributed by atoms with E-state index in [0.717, 1.165) is 17.8 Å². The fourth-order valence-corrected chi connectivity index (χ4v) is 4.23. The summed E-state index contributed by atoms with van der Waals surface area (Å²) in [6.07, 6.45) is 5.79. The van der Waals surface area contributed by atoms with Crippen LogP contribution in [0.1, 0.15) is 66.4 Å². The Kier molecular flexibility index (Phi) is 5.19. The van der Waals surface area contributed by atoms with Crippen LogP contribution in [0.25, 0.3) is 0 Å². The van der Waals surface area contributed by atoms with Crippen LogP contribution in [0.15, 0.2) is 24.3 Å². The number of benzene rings is 1. The number of thiophene rings is 1. The minimum atomic E-state index is -0.0915. The summed E-state index contributed by atoms with van der Waals surface area (Å²) in [7, 11) is 1.64. The number of hydrogen-bond donors (Lipinski definition) is 1. The normalized spacial score (nSPS) is 14.6. The van der Waals surface area contributed by atoms with Gasteiger partial charge in [0.1, 0.15) is 5.75 Å². The van der Waals surface area contributed by atoms with Gasteiger partial charge < -0.3 is 10.1 Å². The summed E-state index contributed by atoms with van der Waals surface area (Å²) in [5.74, 6) is 0.581. The summed E-state index contributed by atoms with van der Waals surface area (Å²) in [6.45, 7) is 6.54. The molecule has 0 radical (unpaired) electrons. The number of aryl methyl sites for hydroxylation is 2. The predicted octanol–water partition coefficient (Wildman–Crippen LogP) is 5.58. The first-order valence-electron chi connectivity index (χ1n) is 9.00. The number of rotatable bonds is 3. The van der Waals surface area contributed by atoms with Crippen molar-refractivity contribution in [3.05, 3.63) is 45.8 Å². The molecule has 0 aliphatic heterocycles. The van der Waals surface area contributed by atoms with Gasteiger partial charge in [0.15, 0.2) is 0 Å². The van der Waals surface area contributed by atoms with Crippen molar-refractivity contribution in [2.24, 2.45) is 0 Å². The number of anilines is 1. The van der Waals surface area contributed by atoms with E-state index in [0.29, 0.717) is 11.3 Å². The fraction of sp³-hybridized carbons (Fsp3) is 0.476. The molecule has 0 fully saturated rings. The zero-order valence-corrected chi connectivity index (χ0v) is 16.4. The number of methoxy groups -OCH3 is 1. The van der Waals surface area contributed by atoms with Gasteiger partial charge in [0.05, 0.1) is 17.7 Å². The molecule has 1 aliphatic rings. The molecule has 0 saturated heterocycles. The smallest absolute Gasteiger partial charge is 0.260 e. The number of hydrogen-bond acceptors (Lipinski definition) is 3. The minimum Gasteiger partial charge on any atom is -0.496 e. The maximum atomic E-state index is 12.8. The standard InChI is InChI=1S/C21H27NO2S/c1-21(2,3)18-10-11-19(25-18)22-20(23)16-12-14-8-6-5-7-9-15(14)13-17(16)24-4/h10-13H,5-9H2,1-4H3,(H,22,23). The van der Waals surface area contributed by atoms with Crippen LogP contribution in [0.4, 0.5) is 5.00 Å². The number of amides is 1. The Bertz CT molecular complexity index is 771. The van der Waals surface area contributed by atoms with Gasteiger partial charge >= 0.3 is 0 Å². The number of fused-ring (bicyclic) bond motifs is 1. The Hall–Kier alpha value is -1.81. The average molecular weight is 358 g/mol. The molecule has 1 aromatic carbocycles. The molecule has 0 saturated carbocycles. The van der Waals surface area contributed by atoms with Gasteiger partial charge in [-0.05, 0) is 66.5 Å². The number of ether oxygens (including phenoxy) is 1. The summed E-state index contributed by atoms with van der Waals surface area (Å²) in [5, 5.41) is 3.93. The van der Waals surface area contributed by atoms with Crippen LogP contribution in [-0.2, 0) is 18.3 Å². The summed E-state index contributed by atoms with van der Waals surface area (Å²) in [4.78, 5) is 14.1. The van der Waals surface area contributed by atoms with E-state index in [1.165, 1.54) is 35.3 Å². The highest BCUT2D eigenvalue weighted by Crippen LogP contribution is 2.34. The second kappa shape index (κ2) is 7.20. The van der Waals surface area contributed by atoms with Crippen molar-refractivity contribution in [3.63, 3.8) is 0 Å². The summed E-state index contributed by atoms with van der Waals surface area (Å²) >= 11 is 1.64. The van der Waals surface area contributed by atoms with Gasteiger partial charge in [-0.2, -0.15) is 0 Å². The lowest BCUT2D eigenvalue weighted by Crippen LogP contribution is -2.13. The molecule has 1 amide bonds. The van der Waals surface area contributed by atoms with Crippen molar-refractivity contribution >= 4 is 22.2 Å². The van der Waals surface area contributed by atoms with Crippen LogP contribution in [0, 0.1) is 0 Å². The molecule has 1 N–H and O–H groups in total. The van der Waals surface area contributed by atoms with Gasteiger partial charge in [-0.3, -0.25) is 4.79 Å². The monoisotopic (exact) mass is 357 g/mol. The second-order valence-corrected chi connectivity index (χ2v) is 8.83. The van der Waals surface area contributed by atoms with Crippen molar-refractivity contribution in [3.8, 4) is 5.75 Å². The van der Waals surface area contributed by atoms with Gasteiger partial charge in [-0.1, -0.05) is 27.2 Å². The fourth-order valence-electron chi connectivity index (χ4n) is 3.27. The van der Waals surface area contributed by atoms with Crippen molar-refractivity contribution < 1.29 is 9.53 Å². The molecule has 1 heterocycles. The lowest BCUT2D eigenvalue weighted by atomic mass is 9.95. The van der Waals surface area contributed by atoms with E-state index in [1.54, 1.807) is 18.4 Å². The zero-order chi connectivity index (χ0) is 18.0. The van der Waals surface area contributed by atoms with E-state index >= 15 is 0 Å². The lowest BCUT2D eigenvalue weighted by Gasteiger charge is -2.15. The highest BCUT2D eigenvalue weighted by atomic mass is 32.1. The van der Waals surface area contributed by atoms with Gasteiger partial charge in [-0.25, -0.2) is 0 Å². The van der Waals surface area contributed by atoms with Crippen molar-refractivity contribution in [1.82, 2.24) is 0 Å². The van der Waals surface area contributed by atoms with Gasteiger partial charge in [0.2, 0.25) is 0 Å². The maximum absolute atomic E-state index is 12.8. The molecule has 1 aromatic heterocycles. The molecule has 0 bridgehead atoms. The van der Waals surface area contributed by atoms with Gasteiger partial charge in [0, 0.05) is 4.88 Å². The van der Waals surface area contributed by atoms with E-state index in [1.807, 2.05) is 12.1 Å². The first-order chi connectivity index (χ1) is 11.9. The molecule has 25 heavy (non-hydrogen) atoms. The van der Waals surface area contributed by atoms with E-state index in [2.05, 4.69) is 38.2 Å².